The first kappa shape index (κ1) is 19.1. The first-order valence-corrected chi connectivity index (χ1v) is 8.88. The van der Waals surface area contributed by atoms with Crippen LogP contribution >= 0.6 is 0 Å². The van der Waals surface area contributed by atoms with Crippen LogP contribution in [-0.4, -0.2) is 38.7 Å². The summed E-state index contributed by atoms with van der Waals surface area (Å²) in [6.45, 7) is 2.75. The Kier molecular flexibility index (Phi) is 7.57. The third-order valence-corrected chi connectivity index (χ3v) is 4.35. The molecule has 0 unspecified atom stereocenters. The number of methoxy groups -OCH3 is 1. The van der Waals surface area contributed by atoms with Crippen molar-refractivity contribution in [2.24, 2.45) is 5.92 Å². The predicted octanol–water partition coefficient (Wildman–Crippen LogP) is 2.95. The lowest BCUT2D eigenvalue weighted by molar-refractivity contribution is -0.124. The molecule has 25 heavy (non-hydrogen) atoms. The van der Waals surface area contributed by atoms with Crippen molar-refractivity contribution in [2.75, 3.05) is 26.9 Å². The Morgan fingerprint density at radius 2 is 1.92 bits per heavy atom. The van der Waals surface area contributed by atoms with Crippen LogP contribution in [0.1, 0.15) is 49.4 Å². The number of carbonyl (C=O) groups excluding carboxylic acids is 2. The zero-order chi connectivity index (χ0) is 18.1. The predicted molar refractivity (Wildman–Crippen MR) is 94.0 cm³/mol. The fourth-order valence-electron chi connectivity index (χ4n) is 2.98. The summed E-state index contributed by atoms with van der Waals surface area (Å²) in [5, 5.41) is 2.85. The Labute approximate surface area is 148 Å². The number of rotatable bonds is 8. The lowest BCUT2D eigenvalue weighted by Crippen LogP contribution is -2.33. The molecule has 2 rings (SSSR count). The Morgan fingerprint density at radius 3 is 2.60 bits per heavy atom. The topological polar surface area (TPSA) is 73.9 Å². The van der Waals surface area contributed by atoms with Crippen molar-refractivity contribution in [3.05, 3.63) is 23.8 Å². The van der Waals surface area contributed by atoms with E-state index in [1.807, 2.05) is 6.92 Å². The normalized spacial score (nSPS) is 14.6. The van der Waals surface area contributed by atoms with Crippen LogP contribution in [0.2, 0.25) is 0 Å². The summed E-state index contributed by atoms with van der Waals surface area (Å²) in [4.78, 5) is 23.9. The number of nitrogens with one attached hydrogen (secondary N) is 1. The van der Waals surface area contributed by atoms with Crippen LogP contribution in [0.15, 0.2) is 18.2 Å². The summed E-state index contributed by atoms with van der Waals surface area (Å²) in [5.41, 5.74) is 0.320. The minimum Gasteiger partial charge on any atom is -0.493 e. The monoisotopic (exact) mass is 349 g/mol. The summed E-state index contributed by atoms with van der Waals surface area (Å²) in [7, 11) is 1.51. The van der Waals surface area contributed by atoms with Gasteiger partial charge in [0.1, 0.15) is 0 Å². The van der Waals surface area contributed by atoms with Gasteiger partial charge in [0.2, 0.25) is 0 Å². The summed E-state index contributed by atoms with van der Waals surface area (Å²) < 4.78 is 15.7. The van der Waals surface area contributed by atoms with Crippen molar-refractivity contribution in [2.45, 2.75) is 39.0 Å². The molecule has 6 heteroatoms. The van der Waals surface area contributed by atoms with E-state index in [2.05, 4.69) is 5.32 Å². The highest BCUT2D eigenvalue weighted by molar-refractivity contribution is 5.92. The largest absolute Gasteiger partial charge is 0.493 e. The van der Waals surface area contributed by atoms with Gasteiger partial charge in [0, 0.05) is 6.54 Å². The average molecular weight is 349 g/mol. The Bertz CT molecular complexity index is 581. The van der Waals surface area contributed by atoms with Crippen LogP contribution < -0.4 is 14.8 Å². The molecule has 1 aliphatic carbocycles. The number of benzene rings is 1. The average Bonchev–Trinajstić information content (AvgIpc) is 2.65. The van der Waals surface area contributed by atoms with Crippen LogP contribution in [-0.2, 0) is 9.53 Å². The Morgan fingerprint density at radius 1 is 1.16 bits per heavy atom. The van der Waals surface area contributed by atoms with Crippen molar-refractivity contribution in [1.82, 2.24) is 5.32 Å². The molecule has 0 heterocycles. The van der Waals surface area contributed by atoms with Gasteiger partial charge in [-0.15, -0.1) is 0 Å². The molecule has 0 spiro atoms. The Hall–Kier alpha value is -2.24. The maximum absolute atomic E-state index is 12.1. The minimum atomic E-state index is -0.561. The molecular weight excluding hydrogens is 322 g/mol. The molecule has 1 aliphatic rings. The lowest BCUT2D eigenvalue weighted by Gasteiger charge is -2.21. The number of esters is 1. The standard InChI is InChI=1S/C19H27NO5/c1-3-24-16-10-9-15(11-17(16)23-2)19(22)25-13-18(21)20-12-14-7-5-4-6-8-14/h9-11,14H,3-8,12-13H2,1-2H3,(H,20,21). The summed E-state index contributed by atoms with van der Waals surface area (Å²) >= 11 is 0. The molecule has 0 atom stereocenters. The third-order valence-electron chi connectivity index (χ3n) is 4.35. The molecule has 1 aromatic rings. The molecule has 0 aromatic heterocycles. The number of carbonyl (C=O) groups is 2. The van der Waals surface area contributed by atoms with Crippen molar-refractivity contribution >= 4 is 11.9 Å². The molecule has 0 saturated heterocycles. The van der Waals surface area contributed by atoms with E-state index < -0.39 is 5.97 Å². The van der Waals surface area contributed by atoms with E-state index in [4.69, 9.17) is 14.2 Å². The van der Waals surface area contributed by atoms with Crippen LogP contribution in [0.25, 0.3) is 0 Å². The number of ether oxygens (including phenoxy) is 3. The van der Waals surface area contributed by atoms with Gasteiger partial charge in [-0.1, -0.05) is 19.3 Å². The molecule has 6 nitrogen and oxygen atoms in total. The van der Waals surface area contributed by atoms with Gasteiger partial charge >= 0.3 is 5.97 Å². The second-order valence-electron chi connectivity index (χ2n) is 6.18. The van der Waals surface area contributed by atoms with Gasteiger partial charge in [-0.3, -0.25) is 4.79 Å². The van der Waals surface area contributed by atoms with E-state index in [1.165, 1.54) is 26.4 Å². The van der Waals surface area contributed by atoms with Gasteiger partial charge in [0.25, 0.3) is 5.91 Å². The van der Waals surface area contributed by atoms with Crippen LogP contribution in [0.5, 0.6) is 11.5 Å². The first-order valence-electron chi connectivity index (χ1n) is 8.88. The summed E-state index contributed by atoms with van der Waals surface area (Å²) in [5.74, 6) is 0.736. The van der Waals surface area contributed by atoms with E-state index in [-0.39, 0.29) is 12.5 Å². The highest BCUT2D eigenvalue weighted by atomic mass is 16.5. The maximum atomic E-state index is 12.1. The van der Waals surface area contributed by atoms with Gasteiger partial charge < -0.3 is 19.5 Å². The second-order valence-corrected chi connectivity index (χ2v) is 6.18. The molecule has 1 saturated carbocycles. The van der Waals surface area contributed by atoms with Crippen molar-refractivity contribution < 1.29 is 23.8 Å². The molecule has 1 fully saturated rings. The Balaban J connectivity index is 1.79. The van der Waals surface area contributed by atoms with E-state index >= 15 is 0 Å². The lowest BCUT2D eigenvalue weighted by atomic mass is 9.89. The highest BCUT2D eigenvalue weighted by Crippen LogP contribution is 2.28. The third kappa shape index (κ3) is 5.96. The summed E-state index contributed by atoms with van der Waals surface area (Å²) in [6, 6.07) is 4.80. The molecule has 138 valence electrons. The SMILES string of the molecule is CCOc1ccc(C(=O)OCC(=O)NCC2CCCCC2)cc1OC. The zero-order valence-electron chi connectivity index (χ0n) is 15.0. The smallest absolute Gasteiger partial charge is 0.338 e. The molecule has 0 bridgehead atoms. The van der Waals surface area contributed by atoms with Gasteiger partial charge in [-0.25, -0.2) is 4.79 Å². The number of hydrogen-bond donors (Lipinski definition) is 1. The molecule has 0 aliphatic heterocycles. The quantitative estimate of drug-likeness (QED) is 0.731. The maximum Gasteiger partial charge on any atom is 0.338 e. The fraction of sp³-hybridized carbons (Fsp3) is 0.579. The van der Waals surface area contributed by atoms with Gasteiger partial charge in [-0.05, 0) is 43.9 Å². The van der Waals surface area contributed by atoms with Crippen LogP contribution in [0.4, 0.5) is 0 Å². The van der Waals surface area contributed by atoms with Crippen LogP contribution in [0, 0.1) is 5.92 Å². The van der Waals surface area contributed by atoms with Gasteiger partial charge in [0.15, 0.2) is 18.1 Å². The van der Waals surface area contributed by atoms with Crippen molar-refractivity contribution in [3.63, 3.8) is 0 Å². The van der Waals surface area contributed by atoms with E-state index in [0.29, 0.717) is 36.1 Å². The molecule has 1 amide bonds. The van der Waals surface area contributed by atoms with E-state index in [9.17, 15) is 9.59 Å². The summed E-state index contributed by atoms with van der Waals surface area (Å²) in [6.07, 6.45) is 6.07. The van der Waals surface area contributed by atoms with Gasteiger partial charge in [-0.2, -0.15) is 0 Å². The molecular formula is C19H27NO5. The van der Waals surface area contributed by atoms with E-state index in [0.717, 1.165) is 12.8 Å². The van der Waals surface area contributed by atoms with Gasteiger partial charge in [0.05, 0.1) is 19.3 Å². The number of hydrogen-bond acceptors (Lipinski definition) is 5. The van der Waals surface area contributed by atoms with Crippen molar-refractivity contribution in [1.29, 1.82) is 0 Å². The fourth-order valence-corrected chi connectivity index (χ4v) is 2.98. The zero-order valence-corrected chi connectivity index (χ0v) is 15.0. The second kappa shape index (κ2) is 9.91. The molecule has 1 aromatic carbocycles. The van der Waals surface area contributed by atoms with E-state index in [1.54, 1.807) is 18.2 Å². The van der Waals surface area contributed by atoms with Crippen LogP contribution in [0.3, 0.4) is 0 Å². The first-order chi connectivity index (χ1) is 12.1. The van der Waals surface area contributed by atoms with Crippen molar-refractivity contribution in [3.8, 4) is 11.5 Å². The number of amides is 1. The molecule has 1 N–H and O–H groups in total. The molecule has 0 radical (unpaired) electrons. The highest BCUT2D eigenvalue weighted by Gasteiger charge is 2.16. The minimum absolute atomic E-state index is 0.267.